The SMILES string of the molecule is CNc1ncc(CNC2CC2)cn1. The molecule has 1 heterocycles. The average molecular weight is 178 g/mol. The van der Waals surface area contributed by atoms with Gasteiger partial charge < -0.3 is 10.6 Å². The molecule has 0 atom stereocenters. The quantitative estimate of drug-likeness (QED) is 0.715. The smallest absolute Gasteiger partial charge is 0.222 e. The molecule has 0 saturated heterocycles. The predicted octanol–water partition coefficient (Wildman–Crippen LogP) is 0.770. The van der Waals surface area contributed by atoms with E-state index in [1.807, 2.05) is 19.4 Å². The average Bonchev–Trinajstić information content (AvgIpc) is 2.99. The molecule has 0 spiro atoms. The lowest BCUT2D eigenvalue weighted by molar-refractivity contribution is 0.683. The normalized spacial score (nSPS) is 15.8. The van der Waals surface area contributed by atoms with E-state index in [0.29, 0.717) is 5.95 Å². The number of anilines is 1. The highest BCUT2D eigenvalue weighted by Crippen LogP contribution is 2.19. The molecule has 0 radical (unpaired) electrons. The zero-order valence-electron chi connectivity index (χ0n) is 7.75. The van der Waals surface area contributed by atoms with Gasteiger partial charge >= 0.3 is 0 Å². The van der Waals surface area contributed by atoms with Crippen LogP contribution in [0.25, 0.3) is 0 Å². The van der Waals surface area contributed by atoms with Crippen LogP contribution in [0.4, 0.5) is 5.95 Å². The summed E-state index contributed by atoms with van der Waals surface area (Å²) in [5, 5.41) is 6.30. The number of hydrogen-bond acceptors (Lipinski definition) is 4. The van der Waals surface area contributed by atoms with Gasteiger partial charge in [0.05, 0.1) is 0 Å². The van der Waals surface area contributed by atoms with Crippen molar-refractivity contribution >= 4 is 5.95 Å². The van der Waals surface area contributed by atoms with Crippen molar-refractivity contribution in [2.75, 3.05) is 12.4 Å². The first-order valence-corrected chi connectivity index (χ1v) is 4.60. The maximum atomic E-state index is 4.13. The summed E-state index contributed by atoms with van der Waals surface area (Å²) in [5.41, 5.74) is 1.14. The van der Waals surface area contributed by atoms with Gasteiger partial charge in [0.2, 0.25) is 5.95 Å². The Hall–Kier alpha value is -1.16. The van der Waals surface area contributed by atoms with Crippen molar-refractivity contribution in [3.8, 4) is 0 Å². The van der Waals surface area contributed by atoms with Crippen molar-refractivity contribution in [1.29, 1.82) is 0 Å². The summed E-state index contributed by atoms with van der Waals surface area (Å²) < 4.78 is 0. The lowest BCUT2D eigenvalue weighted by atomic mass is 10.3. The third kappa shape index (κ3) is 2.39. The number of nitrogens with zero attached hydrogens (tertiary/aromatic N) is 2. The molecule has 2 N–H and O–H groups in total. The zero-order valence-corrected chi connectivity index (χ0v) is 7.75. The van der Waals surface area contributed by atoms with Gasteiger partial charge in [-0.3, -0.25) is 0 Å². The highest BCUT2D eigenvalue weighted by Gasteiger charge is 2.19. The van der Waals surface area contributed by atoms with Crippen LogP contribution in [0.3, 0.4) is 0 Å². The minimum absolute atomic E-state index is 0.676. The Morgan fingerprint density at radius 1 is 1.38 bits per heavy atom. The lowest BCUT2D eigenvalue weighted by Crippen LogP contribution is -2.15. The van der Waals surface area contributed by atoms with Crippen LogP contribution in [-0.4, -0.2) is 23.1 Å². The third-order valence-corrected chi connectivity index (χ3v) is 2.10. The molecule has 1 aliphatic carbocycles. The molecule has 13 heavy (non-hydrogen) atoms. The Balaban J connectivity index is 1.88. The minimum atomic E-state index is 0.676. The number of rotatable bonds is 4. The van der Waals surface area contributed by atoms with E-state index in [9.17, 15) is 0 Å². The molecular formula is C9H14N4. The van der Waals surface area contributed by atoms with Gasteiger partial charge in [-0.15, -0.1) is 0 Å². The van der Waals surface area contributed by atoms with E-state index < -0.39 is 0 Å². The highest BCUT2D eigenvalue weighted by atomic mass is 15.1. The Morgan fingerprint density at radius 3 is 2.62 bits per heavy atom. The van der Waals surface area contributed by atoms with Crippen LogP contribution in [0.1, 0.15) is 18.4 Å². The van der Waals surface area contributed by atoms with Crippen LogP contribution in [-0.2, 0) is 6.54 Å². The van der Waals surface area contributed by atoms with E-state index in [4.69, 9.17) is 0 Å². The molecule has 1 saturated carbocycles. The second-order valence-electron chi connectivity index (χ2n) is 3.32. The first kappa shape index (κ1) is 8.44. The fourth-order valence-electron chi connectivity index (χ4n) is 1.12. The van der Waals surface area contributed by atoms with E-state index in [1.165, 1.54) is 12.8 Å². The predicted molar refractivity (Wildman–Crippen MR) is 51.4 cm³/mol. The number of hydrogen-bond donors (Lipinski definition) is 2. The van der Waals surface area contributed by atoms with Gasteiger partial charge in [0.15, 0.2) is 0 Å². The standard InChI is InChI=1S/C9H14N4/c1-10-9-12-5-7(6-13-9)4-11-8-2-3-8/h5-6,8,11H,2-4H2,1H3,(H,10,12,13). The molecule has 4 nitrogen and oxygen atoms in total. The van der Waals surface area contributed by atoms with Gasteiger partial charge in [-0.2, -0.15) is 0 Å². The van der Waals surface area contributed by atoms with Crippen LogP contribution in [0, 0.1) is 0 Å². The van der Waals surface area contributed by atoms with Crippen molar-refractivity contribution in [2.45, 2.75) is 25.4 Å². The Kier molecular flexibility index (Phi) is 2.40. The van der Waals surface area contributed by atoms with E-state index in [0.717, 1.165) is 18.2 Å². The van der Waals surface area contributed by atoms with E-state index in [-0.39, 0.29) is 0 Å². The van der Waals surface area contributed by atoms with Crippen molar-refractivity contribution in [3.05, 3.63) is 18.0 Å². The zero-order chi connectivity index (χ0) is 9.10. The van der Waals surface area contributed by atoms with Crippen molar-refractivity contribution in [1.82, 2.24) is 15.3 Å². The van der Waals surface area contributed by atoms with Crippen LogP contribution < -0.4 is 10.6 Å². The summed E-state index contributed by atoms with van der Waals surface area (Å²) in [4.78, 5) is 8.27. The van der Waals surface area contributed by atoms with Gasteiger partial charge in [-0.1, -0.05) is 0 Å². The first-order chi connectivity index (χ1) is 6.38. The summed E-state index contributed by atoms with van der Waals surface area (Å²) in [6.45, 7) is 0.884. The monoisotopic (exact) mass is 178 g/mol. The fourth-order valence-corrected chi connectivity index (χ4v) is 1.12. The maximum absolute atomic E-state index is 4.13. The number of nitrogens with one attached hydrogen (secondary N) is 2. The molecule has 70 valence electrons. The van der Waals surface area contributed by atoms with Crippen molar-refractivity contribution in [2.24, 2.45) is 0 Å². The first-order valence-electron chi connectivity index (χ1n) is 4.60. The second kappa shape index (κ2) is 3.70. The van der Waals surface area contributed by atoms with Crippen LogP contribution in [0.5, 0.6) is 0 Å². The molecule has 1 aliphatic rings. The van der Waals surface area contributed by atoms with Gasteiger partial charge in [-0.05, 0) is 12.8 Å². The molecule has 2 rings (SSSR count). The summed E-state index contributed by atoms with van der Waals surface area (Å²) in [6, 6.07) is 0.740. The summed E-state index contributed by atoms with van der Waals surface area (Å²) in [6.07, 6.45) is 6.34. The molecular weight excluding hydrogens is 164 g/mol. The molecule has 1 aromatic heterocycles. The number of aromatic nitrogens is 2. The molecule has 0 aromatic carbocycles. The van der Waals surface area contributed by atoms with Gasteiger partial charge in [-0.25, -0.2) is 9.97 Å². The third-order valence-electron chi connectivity index (χ3n) is 2.10. The van der Waals surface area contributed by atoms with Gasteiger partial charge in [0.1, 0.15) is 0 Å². The van der Waals surface area contributed by atoms with Gasteiger partial charge in [0.25, 0.3) is 0 Å². The molecule has 4 heteroatoms. The Bertz CT molecular complexity index is 265. The summed E-state index contributed by atoms with van der Waals surface area (Å²) in [7, 11) is 1.82. The highest BCUT2D eigenvalue weighted by molar-refractivity contribution is 5.23. The van der Waals surface area contributed by atoms with Crippen LogP contribution in [0.15, 0.2) is 12.4 Å². The van der Waals surface area contributed by atoms with Crippen LogP contribution >= 0.6 is 0 Å². The van der Waals surface area contributed by atoms with E-state index >= 15 is 0 Å². The second-order valence-corrected chi connectivity index (χ2v) is 3.32. The Morgan fingerprint density at radius 2 is 2.08 bits per heavy atom. The van der Waals surface area contributed by atoms with Crippen LogP contribution in [0.2, 0.25) is 0 Å². The van der Waals surface area contributed by atoms with Crippen molar-refractivity contribution < 1.29 is 0 Å². The fraction of sp³-hybridized carbons (Fsp3) is 0.556. The van der Waals surface area contributed by atoms with Crippen molar-refractivity contribution in [3.63, 3.8) is 0 Å². The molecule has 1 fully saturated rings. The molecule has 1 aromatic rings. The molecule has 0 unspecified atom stereocenters. The topological polar surface area (TPSA) is 49.8 Å². The summed E-state index contributed by atoms with van der Waals surface area (Å²) >= 11 is 0. The summed E-state index contributed by atoms with van der Waals surface area (Å²) in [5.74, 6) is 0.676. The van der Waals surface area contributed by atoms with Gasteiger partial charge in [0, 0.05) is 37.6 Å². The van der Waals surface area contributed by atoms with E-state index in [2.05, 4.69) is 20.6 Å². The van der Waals surface area contributed by atoms with E-state index in [1.54, 1.807) is 0 Å². The Labute approximate surface area is 77.8 Å². The molecule has 0 bridgehead atoms. The maximum Gasteiger partial charge on any atom is 0.222 e. The molecule has 0 aliphatic heterocycles. The molecule has 0 amide bonds. The minimum Gasteiger partial charge on any atom is -0.357 e. The lowest BCUT2D eigenvalue weighted by Gasteiger charge is -2.02. The largest absolute Gasteiger partial charge is 0.357 e.